The number of halogens is 2. The molecule has 0 aliphatic heterocycles. The number of sulfonamides is 1. The minimum absolute atomic E-state index is 0.0597. The summed E-state index contributed by atoms with van der Waals surface area (Å²) in [5.74, 6) is -0.818. The van der Waals surface area contributed by atoms with Crippen LogP contribution in [0.5, 0.6) is 0 Å². The van der Waals surface area contributed by atoms with Crippen LogP contribution in [0.25, 0.3) is 0 Å². The summed E-state index contributed by atoms with van der Waals surface area (Å²) < 4.78 is 39.3. The maximum atomic E-state index is 13.1. The number of anilines is 1. The van der Waals surface area contributed by atoms with Crippen molar-refractivity contribution in [2.24, 2.45) is 0 Å². The van der Waals surface area contributed by atoms with Gasteiger partial charge >= 0.3 is 0 Å². The van der Waals surface area contributed by atoms with Crippen molar-refractivity contribution in [3.8, 4) is 0 Å². The monoisotopic (exact) mass is 431 g/mol. The summed E-state index contributed by atoms with van der Waals surface area (Å²) in [5, 5.41) is 3.04. The molecular weight excluding hydrogens is 413 g/mol. The number of amides is 1. The third-order valence-corrected chi connectivity index (χ3v) is 6.87. The maximum absolute atomic E-state index is 13.1. The van der Waals surface area contributed by atoms with Crippen LogP contribution < -0.4 is 5.32 Å². The van der Waals surface area contributed by atoms with E-state index in [-0.39, 0.29) is 21.6 Å². The molecule has 1 N–H and O–H groups in total. The van der Waals surface area contributed by atoms with E-state index < -0.39 is 15.8 Å². The van der Waals surface area contributed by atoms with E-state index in [0.29, 0.717) is 23.8 Å². The number of carbonyl (C=O) groups is 1. The van der Waals surface area contributed by atoms with Crippen molar-refractivity contribution in [3.63, 3.8) is 0 Å². The van der Waals surface area contributed by atoms with E-state index in [2.05, 4.69) is 10.3 Å². The second-order valence-corrected chi connectivity index (χ2v) is 8.73. The zero-order valence-electron chi connectivity index (χ0n) is 14.8. The van der Waals surface area contributed by atoms with Crippen molar-refractivity contribution in [1.82, 2.24) is 9.29 Å². The third-order valence-electron chi connectivity index (χ3n) is 3.61. The molecule has 0 fully saturated rings. The number of aromatic nitrogens is 1. The first kappa shape index (κ1) is 21.6. The van der Waals surface area contributed by atoms with Gasteiger partial charge in [0.1, 0.15) is 10.7 Å². The Morgan fingerprint density at radius 2 is 1.96 bits per heavy atom. The van der Waals surface area contributed by atoms with Gasteiger partial charge in [0, 0.05) is 25.0 Å². The Morgan fingerprint density at radius 3 is 2.52 bits per heavy atom. The van der Waals surface area contributed by atoms with E-state index in [1.54, 1.807) is 19.9 Å². The molecule has 0 saturated carbocycles. The zero-order valence-corrected chi connectivity index (χ0v) is 17.2. The van der Waals surface area contributed by atoms with Crippen molar-refractivity contribution in [3.05, 3.63) is 47.4 Å². The lowest BCUT2D eigenvalue weighted by Gasteiger charge is -2.18. The number of pyridine rings is 1. The van der Waals surface area contributed by atoms with Gasteiger partial charge in [0.25, 0.3) is 0 Å². The molecule has 1 heterocycles. The molecular formula is C17H19ClFN3O3S2. The fourth-order valence-electron chi connectivity index (χ4n) is 2.23. The van der Waals surface area contributed by atoms with Crippen LogP contribution in [0.15, 0.2) is 46.5 Å². The Bertz CT molecular complexity index is 904. The van der Waals surface area contributed by atoms with Crippen molar-refractivity contribution in [2.45, 2.75) is 23.8 Å². The molecule has 1 aromatic carbocycles. The second kappa shape index (κ2) is 9.50. The molecule has 2 aromatic rings. The molecule has 0 atom stereocenters. The predicted octanol–water partition coefficient (Wildman–Crippen LogP) is 3.64. The normalized spacial score (nSPS) is 11.6. The highest BCUT2D eigenvalue weighted by Crippen LogP contribution is 2.22. The quantitative estimate of drug-likeness (QED) is 0.645. The predicted molar refractivity (Wildman–Crippen MR) is 105 cm³/mol. The van der Waals surface area contributed by atoms with Gasteiger partial charge in [0.05, 0.1) is 15.8 Å². The number of benzene rings is 1. The molecule has 0 bridgehead atoms. The van der Waals surface area contributed by atoms with Gasteiger partial charge in [-0.2, -0.15) is 4.31 Å². The zero-order chi connectivity index (χ0) is 20.0. The van der Waals surface area contributed by atoms with Crippen LogP contribution in [0.2, 0.25) is 5.02 Å². The summed E-state index contributed by atoms with van der Waals surface area (Å²) in [5.41, 5.74) is 0.389. The lowest BCUT2D eigenvalue weighted by atomic mass is 10.3. The highest BCUT2D eigenvalue weighted by molar-refractivity contribution is 7.99. The molecule has 1 amide bonds. The average Bonchev–Trinajstić information content (AvgIpc) is 2.64. The van der Waals surface area contributed by atoms with E-state index in [1.165, 1.54) is 34.8 Å². The van der Waals surface area contributed by atoms with Crippen LogP contribution in [0.1, 0.15) is 13.8 Å². The molecule has 2 rings (SSSR count). The lowest BCUT2D eigenvalue weighted by molar-refractivity contribution is -0.113. The molecule has 0 spiro atoms. The molecule has 0 saturated heterocycles. The van der Waals surface area contributed by atoms with Gasteiger partial charge in [-0.15, -0.1) is 0 Å². The molecule has 10 heteroatoms. The fourth-order valence-corrected chi connectivity index (χ4v) is 4.45. The van der Waals surface area contributed by atoms with Gasteiger partial charge in [-0.3, -0.25) is 4.79 Å². The lowest BCUT2D eigenvalue weighted by Crippen LogP contribution is -2.30. The number of thioether (sulfide) groups is 1. The first-order chi connectivity index (χ1) is 12.8. The van der Waals surface area contributed by atoms with Gasteiger partial charge < -0.3 is 5.32 Å². The van der Waals surface area contributed by atoms with Crippen molar-refractivity contribution in [2.75, 3.05) is 24.2 Å². The summed E-state index contributed by atoms with van der Waals surface area (Å²) in [6.07, 6.45) is 1.29. The molecule has 0 aliphatic carbocycles. The number of nitrogens with zero attached hydrogens (tertiary/aromatic N) is 2. The van der Waals surface area contributed by atoms with Crippen LogP contribution in [-0.2, 0) is 14.8 Å². The van der Waals surface area contributed by atoms with Gasteiger partial charge in [0.2, 0.25) is 15.9 Å². The van der Waals surface area contributed by atoms with Crippen LogP contribution in [-0.4, -0.2) is 42.5 Å². The van der Waals surface area contributed by atoms with Crippen molar-refractivity contribution < 1.29 is 17.6 Å². The van der Waals surface area contributed by atoms with Gasteiger partial charge in [-0.05, 0) is 30.3 Å². The smallest absolute Gasteiger partial charge is 0.244 e. The van der Waals surface area contributed by atoms with E-state index >= 15 is 0 Å². The van der Waals surface area contributed by atoms with E-state index in [9.17, 15) is 17.6 Å². The molecule has 0 unspecified atom stereocenters. The third kappa shape index (κ3) is 5.65. The summed E-state index contributed by atoms with van der Waals surface area (Å²) in [7, 11) is -3.56. The first-order valence-electron chi connectivity index (χ1n) is 8.11. The van der Waals surface area contributed by atoms with Crippen LogP contribution in [0, 0.1) is 5.82 Å². The Labute approximate surface area is 167 Å². The number of carbonyl (C=O) groups excluding carboxylic acids is 1. The van der Waals surface area contributed by atoms with Crippen LogP contribution in [0.4, 0.5) is 10.1 Å². The van der Waals surface area contributed by atoms with E-state index in [1.807, 2.05) is 0 Å². The second-order valence-electron chi connectivity index (χ2n) is 5.39. The first-order valence-corrected chi connectivity index (χ1v) is 10.9. The molecule has 27 heavy (non-hydrogen) atoms. The standard InChI is InChI=1S/C17H19ClFN3O3S2/c1-3-22(4-2)27(24,25)13-6-8-17(20-10-13)26-11-16(23)21-12-5-7-15(19)14(18)9-12/h5-10H,3-4,11H2,1-2H3,(H,21,23). The van der Waals surface area contributed by atoms with Crippen LogP contribution >= 0.6 is 23.4 Å². The summed E-state index contributed by atoms with van der Waals surface area (Å²) in [4.78, 5) is 16.2. The Balaban J connectivity index is 1.96. The van der Waals surface area contributed by atoms with Gasteiger partial charge in [0.15, 0.2) is 0 Å². The van der Waals surface area contributed by atoms with E-state index in [0.717, 1.165) is 11.8 Å². The van der Waals surface area contributed by atoms with Crippen molar-refractivity contribution in [1.29, 1.82) is 0 Å². The topological polar surface area (TPSA) is 79.4 Å². The molecule has 0 radical (unpaired) electrons. The number of hydrogen-bond donors (Lipinski definition) is 1. The SMILES string of the molecule is CCN(CC)S(=O)(=O)c1ccc(SCC(=O)Nc2ccc(F)c(Cl)c2)nc1. The molecule has 6 nitrogen and oxygen atoms in total. The highest BCUT2D eigenvalue weighted by atomic mass is 35.5. The molecule has 1 aromatic heterocycles. The molecule has 146 valence electrons. The maximum Gasteiger partial charge on any atom is 0.244 e. The average molecular weight is 432 g/mol. The van der Waals surface area contributed by atoms with E-state index in [4.69, 9.17) is 11.6 Å². The summed E-state index contributed by atoms with van der Waals surface area (Å²) in [6.45, 7) is 4.29. The van der Waals surface area contributed by atoms with Gasteiger partial charge in [-0.25, -0.2) is 17.8 Å². The fraction of sp³-hybridized carbons (Fsp3) is 0.294. The highest BCUT2D eigenvalue weighted by Gasteiger charge is 2.21. The molecule has 0 aliphatic rings. The Hall–Kier alpha value is -1.68. The summed E-state index contributed by atoms with van der Waals surface area (Å²) in [6, 6.07) is 6.94. The minimum Gasteiger partial charge on any atom is -0.325 e. The van der Waals surface area contributed by atoms with Gasteiger partial charge in [-0.1, -0.05) is 37.2 Å². The number of nitrogens with one attached hydrogen (secondary N) is 1. The largest absolute Gasteiger partial charge is 0.325 e. The Kier molecular flexibility index (Phi) is 7.60. The minimum atomic E-state index is -3.56. The number of hydrogen-bond acceptors (Lipinski definition) is 5. The van der Waals surface area contributed by atoms with Crippen LogP contribution in [0.3, 0.4) is 0 Å². The Morgan fingerprint density at radius 1 is 1.26 bits per heavy atom. The summed E-state index contributed by atoms with van der Waals surface area (Å²) >= 11 is 6.83. The number of rotatable bonds is 8. The van der Waals surface area contributed by atoms with Crippen molar-refractivity contribution >= 4 is 45.0 Å².